The predicted molar refractivity (Wildman–Crippen MR) is 173 cm³/mol. The number of hydrogen-bond donors (Lipinski definition) is 3. The first-order valence-electron chi connectivity index (χ1n) is 15.3. The van der Waals surface area contributed by atoms with E-state index >= 15 is 0 Å². The zero-order chi connectivity index (χ0) is 31.8. The molecule has 2 unspecified atom stereocenters. The quantitative estimate of drug-likeness (QED) is 0.113. The molecule has 12 heteroatoms. The van der Waals surface area contributed by atoms with Gasteiger partial charge >= 0.3 is 0 Å². The molecule has 0 bridgehead atoms. The number of carbonyl (C=O) groups is 4. The van der Waals surface area contributed by atoms with Gasteiger partial charge in [-0.15, -0.1) is 11.3 Å². The van der Waals surface area contributed by atoms with Crippen molar-refractivity contribution in [3.05, 3.63) is 87.9 Å². The molecular weight excluding hydrogens is 590 g/mol. The van der Waals surface area contributed by atoms with Crippen LogP contribution in [0.5, 0.6) is 0 Å². The molecule has 2 aliphatic heterocycles. The van der Waals surface area contributed by atoms with Gasteiger partial charge in [-0.05, 0) is 43.2 Å². The molecule has 3 heterocycles. The number of nitrogens with two attached hydrogens (primary N) is 2. The summed E-state index contributed by atoms with van der Waals surface area (Å²) in [5, 5.41) is 3.24. The first-order valence-corrected chi connectivity index (χ1v) is 16.1. The van der Waals surface area contributed by atoms with Gasteiger partial charge in [-0.3, -0.25) is 24.2 Å². The second-order valence-electron chi connectivity index (χ2n) is 11.5. The number of carbonyl (C=O) groups excluding carboxylic acids is 4. The number of aliphatic imine (C=N–C) groups is 1. The maximum absolute atomic E-state index is 13.6. The van der Waals surface area contributed by atoms with Crippen LogP contribution in [0.1, 0.15) is 57.9 Å². The van der Waals surface area contributed by atoms with Crippen LogP contribution in [0.2, 0.25) is 0 Å². The van der Waals surface area contributed by atoms with E-state index in [0.29, 0.717) is 63.0 Å². The number of ketones is 1. The average molecular weight is 630 g/mol. The molecule has 0 spiro atoms. The summed E-state index contributed by atoms with van der Waals surface area (Å²) in [4.78, 5) is 66.1. The Morgan fingerprint density at radius 3 is 2.44 bits per heavy atom. The van der Waals surface area contributed by atoms with Crippen molar-refractivity contribution in [1.82, 2.24) is 20.1 Å². The van der Waals surface area contributed by atoms with Crippen molar-refractivity contribution in [3.8, 4) is 0 Å². The molecule has 3 amide bonds. The first kappa shape index (κ1) is 31.8. The van der Waals surface area contributed by atoms with Gasteiger partial charge in [-0.2, -0.15) is 0 Å². The molecule has 1 aromatic heterocycles. The normalized spacial score (nSPS) is 18.3. The molecule has 236 valence electrons. The number of aromatic nitrogens is 1. The minimum Gasteiger partial charge on any atom is -0.370 e. The SMILES string of the molecule is NC(N)=NCCCC(NC(=O)C1CC[C@H]2CN(C(=O)CCc3ccccc3)CC(=O)N12)C(=O)c1ncc(Cc2ccccc2)s1. The molecule has 2 aliphatic rings. The molecule has 5 N–H and O–H groups in total. The fourth-order valence-electron chi connectivity index (χ4n) is 5.99. The Morgan fingerprint density at radius 1 is 1.02 bits per heavy atom. The van der Waals surface area contributed by atoms with E-state index in [1.54, 1.807) is 16.0 Å². The third-order valence-electron chi connectivity index (χ3n) is 8.24. The van der Waals surface area contributed by atoms with Crippen LogP contribution in [-0.4, -0.2) is 82.0 Å². The maximum atomic E-state index is 13.6. The van der Waals surface area contributed by atoms with E-state index < -0.39 is 12.1 Å². The zero-order valence-corrected chi connectivity index (χ0v) is 26.0. The van der Waals surface area contributed by atoms with E-state index in [4.69, 9.17) is 11.5 Å². The van der Waals surface area contributed by atoms with Crippen molar-refractivity contribution < 1.29 is 19.2 Å². The van der Waals surface area contributed by atoms with Gasteiger partial charge in [0.25, 0.3) is 0 Å². The lowest BCUT2D eigenvalue weighted by molar-refractivity contribution is -0.151. The Labute approximate surface area is 266 Å². The summed E-state index contributed by atoms with van der Waals surface area (Å²) in [6.07, 6.45) is 5.11. The minimum absolute atomic E-state index is 0.0411. The van der Waals surface area contributed by atoms with Gasteiger partial charge in [0.05, 0.1) is 18.6 Å². The summed E-state index contributed by atoms with van der Waals surface area (Å²) in [6.45, 7) is 0.648. The third kappa shape index (κ3) is 8.33. The van der Waals surface area contributed by atoms with Crippen molar-refractivity contribution in [2.75, 3.05) is 19.6 Å². The number of rotatable bonds is 13. The number of nitrogens with zero attached hydrogens (tertiary/aromatic N) is 4. The highest BCUT2D eigenvalue weighted by atomic mass is 32.1. The van der Waals surface area contributed by atoms with E-state index in [2.05, 4.69) is 15.3 Å². The van der Waals surface area contributed by atoms with E-state index in [1.165, 1.54) is 11.3 Å². The fourth-order valence-corrected chi connectivity index (χ4v) is 6.94. The van der Waals surface area contributed by atoms with Crippen LogP contribution in [0.15, 0.2) is 71.9 Å². The summed E-state index contributed by atoms with van der Waals surface area (Å²) in [6, 6.07) is 17.9. The molecule has 45 heavy (non-hydrogen) atoms. The summed E-state index contributed by atoms with van der Waals surface area (Å²) in [5.41, 5.74) is 13.1. The summed E-state index contributed by atoms with van der Waals surface area (Å²) < 4.78 is 0. The van der Waals surface area contributed by atoms with Crippen molar-refractivity contribution in [3.63, 3.8) is 0 Å². The number of fused-ring (bicyclic) bond motifs is 1. The summed E-state index contributed by atoms with van der Waals surface area (Å²) >= 11 is 1.31. The Bertz CT molecular complexity index is 1520. The van der Waals surface area contributed by atoms with Gasteiger partial charge in [-0.1, -0.05) is 60.7 Å². The van der Waals surface area contributed by atoms with Crippen LogP contribution in [0, 0.1) is 0 Å². The maximum Gasteiger partial charge on any atom is 0.243 e. The van der Waals surface area contributed by atoms with Crippen LogP contribution in [0.25, 0.3) is 0 Å². The standard InChI is InChI=1S/C33H39N7O4S/c34-33(35)36-17-7-12-26(30(43)32-37-19-25(45-32)18-23-10-5-2-6-11-23)38-31(44)27-15-14-24-20-39(21-29(42)40(24)27)28(41)16-13-22-8-3-1-4-9-22/h1-6,8-11,19,24,26-27H,7,12-18,20-21H2,(H,38,44)(H4,34,35,36)/t24-,26?,27?/m0/s1. The molecular formula is C33H39N7O4S. The molecule has 2 aromatic carbocycles. The van der Waals surface area contributed by atoms with Gasteiger partial charge in [0.2, 0.25) is 23.5 Å². The number of benzene rings is 2. The largest absolute Gasteiger partial charge is 0.370 e. The van der Waals surface area contributed by atoms with Gasteiger partial charge in [-0.25, -0.2) is 4.98 Å². The Balaban J connectivity index is 1.22. The average Bonchev–Trinajstić information content (AvgIpc) is 3.69. The van der Waals surface area contributed by atoms with Gasteiger partial charge in [0, 0.05) is 37.0 Å². The highest BCUT2D eigenvalue weighted by molar-refractivity contribution is 7.13. The van der Waals surface area contributed by atoms with E-state index in [-0.39, 0.29) is 42.1 Å². The number of guanidine groups is 1. The second-order valence-corrected chi connectivity index (χ2v) is 12.6. The van der Waals surface area contributed by atoms with Crippen LogP contribution in [0.4, 0.5) is 0 Å². The van der Waals surface area contributed by atoms with Gasteiger partial charge in [0.1, 0.15) is 6.04 Å². The third-order valence-corrected chi connectivity index (χ3v) is 9.25. The Morgan fingerprint density at radius 2 is 1.73 bits per heavy atom. The van der Waals surface area contributed by atoms with Crippen molar-refractivity contribution >= 4 is 40.8 Å². The lowest BCUT2D eigenvalue weighted by Gasteiger charge is -2.39. The monoisotopic (exact) mass is 629 g/mol. The number of hydrogen-bond acceptors (Lipinski definition) is 7. The van der Waals surface area contributed by atoms with E-state index in [1.807, 2.05) is 60.7 Å². The molecule has 0 aliphatic carbocycles. The molecule has 2 fully saturated rings. The zero-order valence-electron chi connectivity index (χ0n) is 25.1. The molecule has 0 radical (unpaired) electrons. The number of aryl methyl sites for hydroxylation is 1. The van der Waals surface area contributed by atoms with Crippen LogP contribution < -0.4 is 16.8 Å². The molecule has 3 atom stereocenters. The van der Waals surface area contributed by atoms with Crippen molar-refractivity contribution in [2.45, 2.75) is 63.1 Å². The van der Waals surface area contributed by atoms with Crippen LogP contribution in [-0.2, 0) is 27.2 Å². The van der Waals surface area contributed by atoms with Gasteiger partial charge < -0.3 is 26.6 Å². The Kier molecular flexibility index (Phi) is 10.6. The summed E-state index contributed by atoms with van der Waals surface area (Å²) in [7, 11) is 0. The molecule has 3 aromatic rings. The number of piperazine rings is 1. The first-order chi connectivity index (χ1) is 21.8. The smallest absolute Gasteiger partial charge is 0.243 e. The van der Waals surface area contributed by atoms with Crippen molar-refractivity contribution in [1.29, 1.82) is 0 Å². The number of Topliss-reactive ketones (excluding diaryl/α,β-unsaturated/α-hetero) is 1. The summed E-state index contributed by atoms with van der Waals surface area (Å²) in [5.74, 6) is -1.03. The number of amides is 3. The predicted octanol–water partition coefficient (Wildman–Crippen LogP) is 2.29. The lowest BCUT2D eigenvalue weighted by atomic mass is 10.1. The van der Waals surface area contributed by atoms with Gasteiger partial charge in [0.15, 0.2) is 11.0 Å². The fraction of sp³-hybridized carbons (Fsp3) is 0.394. The van der Waals surface area contributed by atoms with E-state index in [0.717, 1.165) is 16.0 Å². The molecule has 2 saturated heterocycles. The molecule has 0 saturated carbocycles. The highest BCUT2D eigenvalue weighted by Crippen LogP contribution is 2.29. The lowest BCUT2D eigenvalue weighted by Crippen LogP contribution is -2.60. The van der Waals surface area contributed by atoms with Crippen LogP contribution >= 0.6 is 11.3 Å². The minimum atomic E-state index is -0.850. The second kappa shape index (κ2) is 14.9. The molecule has 5 rings (SSSR count). The molecule has 11 nitrogen and oxygen atoms in total. The number of nitrogens with one attached hydrogen (secondary N) is 1. The Hall–Kier alpha value is -4.58. The van der Waals surface area contributed by atoms with Crippen LogP contribution in [0.3, 0.4) is 0 Å². The topological polar surface area (TPSA) is 164 Å². The highest BCUT2D eigenvalue weighted by Gasteiger charge is 2.46. The van der Waals surface area contributed by atoms with Crippen molar-refractivity contribution in [2.24, 2.45) is 16.5 Å². The number of thiazole rings is 1. The van der Waals surface area contributed by atoms with E-state index in [9.17, 15) is 19.2 Å².